The molecule has 0 bridgehead atoms. The molecule has 0 unspecified atom stereocenters. The van der Waals surface area contributed by atoms with E-state index < -0.39 is 0 Å². The zero-order valence-electron chi connectivity index (χ0n) is 67.3. The fourth-order valence-corrected chi connectivity index (χ4v) is 33.8. The van der Waals surface area contributed by atoms with E-state index in [2.05, 4.69) is 159 Å². The minimum Gasteiger partial charge on any atom is -0.469 e. The highest BCUT2D eigenvalue weighted by molar-refractivity contribution is 5.83. The van der Waals surface area contributed by atoms with Crippen LogP contribution in [0.25, 0.3) is 0 Å². The second-order valence-electron chi connectivity index (χ2n) is 45.9. The fraction of sp³-hybridized carbons (Fsp3) is 0.956. The third-order valence-electron chi connectivity index (χ3n) is 41.3. The number of methoxy groups -OCH3 is 1. The molecule has 0 heterocycles. The highest BCUT2D eigenvalue weighted by Gasteiger charge is 2.76. The molecule has 15 saturated carbocycles. The van der Waals surface area contributed by atoms with E-state index >= 15 is 0 Å². The van der Waals surface area contributed by atoms with Gasteiger partial charge < -0.3 is 4.74 Å². The average molecular weight is 1320 g/mol. The Morgan fingerprint density at radius 3 is 0.854 bits per heavy atom. The molecule has 15 aliphatic carbocycles. The van der Waals surface area contributed by atoms with E-state index in [1.165, 1.54) is 141 Å². The summed E-state index contributed by atoms with van der Waals surface area (Å²) >= 11 is 0. The first-order chi connectivity index (χ1) is 44.1. The van der Waals surface area contributed by atoms with Crippen LogP contribution in [0, 0.1) is 168 Å². The number of carbonyl (C=O) groups excluding carboxylic acids is 4. The van der Waals surface area contributed by atoms with Gasteiger partial charge in [0.25, 0.3) is 0 Å². The van der Waals surface area contributed by atoms with Gasteiger partial charge in [0.05, 0.1) is 12.5 Å². The van der Waals surface area contributed by atoms with Crippen molar-refractivity contribution in [2.24, 2.45) is 168 Å². The molecule has 15 fully saturated rings. The zero-order valence-corrected chi connectivity index (χ0v) is 67.3. The van der Waals surface area contributed by atoms with Crippen LogP contribution in [0.3, 0.4) is 0 Å². The summed E-state index contributed by atoms with van der Waals surface area (Å²) in [5, 5.41) is 0. The van der Waals surface area contributed by atoms with E-state index in [-0.39, 0.29) is 61.6 Å². The molecule has 96 heavy (non-hydrogen) atoms. The molecule has 5 nitrogen and oxygen atoms in total. The van der Waals surface area contributed by atoms with Gasteiger partial charge in [-0.2, -0.15) is 0 Å². The predicted octanol–water partition coefficient (Wildman–Crippen LogP) is 24.5. The number of ether oxygens (including phenoxy) is 1. The van der Waals surface area contributed by atoms with Gasteiger partial charge in [-0.3, -0.25) is 19.2 Å². The Balaban J connectivity index is 0.000000130. The van der Waals surface area contributed by atoms with Crippen LogP contribution in [0.5, 0.6) is 0 Å². The van der Waals surface area contributed by atoms with E-state index in [9.17, 15) is 19.2 Å². The summed E-state index contributed by atoms with van der Waals surface area (Å²) < 4.78 is 5.54. The molecule has 0 amide bonds. The van der Waals surface area contributed by atoms with Crippen molar-refractivity contribution in [2.45, 2.75) is 371 Å². The highest BCUT2D eigenvalue weighted by Crippen LogP contribution is 2.83. The molecule has 15 rings (SSSR count). The summed E-state index contributed by atoms with van der Waals surface area (Å²) in [5.74, 6) is 9.03. The van der Waals surface area contributed by atoms with Crippen LogP contribution in [0.2, 0.25) is 0 Å². The van der Waals surface area contributed by atoms with Crippen LogP contribution in [-0.2, 0) is 23.9 Å². The first kappa shape index (κ1) is 72.8. The molecule has 0 aromatic carbocycles. The number of esters is 1. The second-order valence-corrected chi connectivity index (χ2v) is 45.9. The number of ketones is 3. The molecule has 0 N–H and O–H groups in total. The van der Waals surface area contributed by atoms with E-state index in [4.69, 9.17) is 4.74 Å². The number of carbonyl (C=O) groups is 4. The average Bonchev–Trinajstić information content (AvgIpc) is 0.689. The summed E-state index contributed by atoms with van der Waals surface area (Å²) in [6, 6.07) is 0. The molecule has 15 aliphatic rings. The molecule has 0 spiro atoms. The zero-order chi connectivity index (χ0) is 70.3. The van der Waals surface area contributed by atoms with Crippen molar-refractivity contribution in [1.82, 2.24) is 0 Å². The van der Waals surface area contributed by atoms with Crippen LogP contribution in [-0.4, -0.2) is 30.4 Å². The molecule has 0 aromatic rings. The lowest BCUT2D eigenvalue weighted by Crippen LogP contribution is -2.69. The molecule has 544 valence electrons. The lowest BCUT2D eigenvalue weighted by molar-refractivity contribution is -0.259. The predicted molar refractivity (Wildman–Crippen MR) is 396 cm³/mol. The van der Waals surface area contributed by atoms with E-state index in [1.807, 2.05) is 0 Å². The van der Waals surface area contributed by atoms with Crippen LogP contribution in [0.4, 0.5) is 0 Å². The first-order valence-electron chi connectivity index (χ1n) is 41.8. The van der Waals surface area contributed by atoms with Crippen molar-refractivity contribution in [2.75, 3.05) is 7.11 Å². The normalized spacial score (nSPS) is 57.0. The second kappa shape index (κ2) is 22.5. The van der Waals surface area contributed by atoms with Gasteiger partial charge in [0, 0.05) is 37.0 Å². The molecular formula is C91H150O5. The minimum absolute atomic E-state index is 0.0699. The number of fused-ring (bicyclic) bond motifs is 21. The maximum atomic E-state index is 13.4. The largest absolute Gasteiger partial charge is 0.469 e. The number of hydrogen-bond acceptors (Lipinski definition) is 5. The third kappa shape index (κ3) is 9.70. The quantitative estimate of drug-likeness (QED) is 0.245. The van der Waals surface area contributed by atoms with E-state index in [0.29, 0.717) is 94.7 Å². The molecule has 0 saturated heterocycles. The van der Waals surface area contributed by atoms with Crippen molar-refractivity contribution < 1.29 is 23.9 Å². The van der Waals surface area contributed by atoms with Gasteiger partial charge in [0.15, 0.2) is 0 Å². The molecule has 0 radical (unpaired) electrons. The monoisotopic (exact) mass is 1320 g/mol. The number of hydrogen-bond donors (Lipinski definition) is 0. The van der Waals surface area contributed by atoms with Gasteiger partial charge in [0.2, 0.25) is 0 Å². The van der Waals surface area contributed by atoms with Gasteiger partial charge in [0.1, 0.15) is 17.3 Å². The maximum absolute atomic E-state index is 13.4. The summed E-state index contributed by atoms with van der Waals surface area (Å²) in [6.07, 6.45) is 41.5. The molecule has 27 atom stereocenters. The molecule has 0 aliphatic heterocycles. The fourth-order valence-electron chi connectivity index (χ4n) is 33.8. The molecule has 5 heteroatoms. The summed E-state index contributed by atoms with van der Waals surface area (Å²) in [5.41, 5.74) is 6.19. The van der Waals surface area contributed by atoms with Gasteiger partial charge in [-0.05, 0) is 338 Å². The number of Topliss-reactive ketones (excluding diaryl/α,β-unsaturated/α-hetero) is 3. The van der Waals surface area contributed by atoms with Crippen molar-refractivity contribution in [3.05, 3.63) is 0 Å². The highest BCUT2D eigenvalue weighted by atomic mass is 16.5. The van der Waals surface area contributed by atoms with Crippen molar-refractivity contribution in [3.63, 3.8) is 0 Å². The topological polar surface area (TPSA) is 77.5 Å². The Morgan fingerprint density at radius 1 is 0.281 bits per heavy atom. The van der Waals surface area contributed by atoms with Crippen molar-refractivity contribution in [3.8, 4) is 0 Å². The van der Waals surface area contributed by atoms with Gasteiger partial charge in [-0.1, -0.05) is 159 Å². The third-order valence-corrected chi connectivity index (χ3v) is 41.3. The Kier molecular flexibility index (Phi) is 17.1. The maximum Gasteiger partial charge on any atom is 0.312 e. The number of rotatable bonds is 1. The van der Waals surface area contributed by atoms with E-state index in [1.54, 1.807) is 7.11 Å². The van der Waals surface area contributed by atoms with Crippen molar-refractivity contribution in [1.29, 1.82) is 0 Å². The Labute approximate surface area is 590 Å². The van der Waals surface area contributed by atoms with E-state index in [0.717, 1.165) is 106 Å². The van der Waals surface area contributed by atoms with Gasteiger partial charge in [-0.25, -0.2) is 0 Å². The lowest BCUT2D eigenvalue weighted by Gasteiger charge is -2.74. The molecule has 0 aromatic heterocycles. The summed E-state index contributed by atoms with van der Waals surface area (Å²) in [4.78, 5) is 51.6. The van der Waals surface area contributed by atoms with Crippen molar-refractivity contribution >= 4 is 23.3 Å². The Bertz CT molecular complexity index is 2960. The van der Waals surface area contributed by atoms with Crippen LogP contribution in [0.15, 0.2) is 0 Å². The Morgan fingerprint density at radius 2 is 0.531 bits per heavy atom. The standard InChI is InChI=1S/C31H50O3.2C30H50O/c1-20-21(32)9-10-22-27(20,4)12-11-23-28(22,5)14-15-30(7)24-19-26(2,3)13-17-31(24,25(33)34-8)18-16-29(23,30)6;2*1-20-21(31)9-10-22-27(20,5)12-11-23-28(22,6)16-18-30(8)24-19-25(2,3)13-14-26(24,4)15-17-29(23,30)7/h20,22-24H,9-19H2,1-8H3;2*20,22-24H,9-19H2,1-8H3/t20-,22+,23-,24-,27+,28-,29-,30-,31-;2*20-,22+,23-,24+,26+,27+,28-,29-,30-/m000/s1. The summed E-state index contributed by atoms with van der Waals surface area (Å²) in [6.45, 7) is 58.7. The van der Waals surface area contributed by atoms with Crippen LogP contribution < -0.4 is 0 Å². The van der Waals surface area contributed by atoms with Crippen LogP contribution >= 0.6 is 0 Å². The van der Waals surface area contributed by atoms with Crippen LogP contribution in [0.1, 0.15) is 371 Å². The smallest absolute Gasteiger partial charge is 0.312 e. The Hall–Kier alpha value is -1.52. The molecular weight excluding hydrogens is 1170 g/mol. The lowest BCUT2D eigenvalue weighted by atomic mass is 9.30. The minimum atomic E-state index is -0.290. The van der Waals surface area contributed by atoms with Gasteiger partial charge >= 0.3 is 5.97 Å². The summed E-state index contributed by atoms with van der Waals surface area (Å²) in [7, 11) is 1.61. The van der Waals surface area contributed by atoms with Gasteiger partial charge in [-0.15, -0.1) is 0 Å². The first-order valence-corrected chi connectivity index (χ1v) is 41.8. The SMILES string of the molecule is COC(=O)[C@]12CCC(C)(C)C[C@H]1[C@]1(C)CC[C@@]3(C)[C@@H]4CCC(=O)[C@H](C)[C@@]4(C)CC[C@@H]3[C@]1(C)CC2.C[C@H]1C(=O)CC[C@@H]2[C@]1(C)CC[C@H]1[C@@]2(C)CC[C@@]2(C)[C@@H]3CC(C)(C)CC[C@]3(C)CC[C@@]12C.C[C@H]1C(=O)CC[C@@H]2[C@]1(C)CC[C@H]1[C@@]2(C)CC[C@@]2(C)[C@@H]3CC(C)(C)CC[C@]3(C)CC[C@@]12C.